The van der Waals surface area contributed by atoms with Crippen molar-refractivity contribution in [3.8, 4) is 0 Å². The smallest absolute Gasteiger partial charge is 0.321 e. The predicted octanol–water partition coefficient (Wildman–Crippen LogP) is 1.30. The lowest BCUT2D eigenvalue weighted by Crippen LogP contribution is -2.53. The Labute approximate surface area is 139 Å². The average molecular weight is 359 g/mol. The Kier molecular flexibility index (Phi) is 4.73. The third kappa shape index (κ3) is 3.84. The fraction of sp³-hybridized carbons (Fsp3) is 0.533. The molecule has 2 heterocycles. The zero-order valence-electron chi connectivity index (χ0n) is 13.0. The normalized spacial score (nSPS) is 24.1. The maximum absolute atomic E-state index is 13.2. The summed E-state index contributed by atoms with van der Waals surface area (Å²) in [6.07, 6.45) is 0.642. The molecule has 2 amide bonds. The maximum Gasteiger partial charge on any atom is 0.321 e. The van der Waals surface area contributed by atoms with Crippen molar-refractivity contribution in [2.75, 3.05) is 43.0 Å². The third-order valence-electron chi connectivity index (χ3n) is 4.50. The van der Waals surface area contributed by atoms with E-state index in [1.165, 1.54) is 6.07 Å². The standard InChI is InChI=1S/C15H19F2N3O3S/c16-13-2-1-11(9-14(13)17)18-15(21)20-6-4-19(5-7-20)12-3-8-24(22,23)10-12/h1-2,9,12H,3-8,10H2,(H,18,21). The topological polar surface area (TPSA) is 69.7 Å². The van der Waals surface area contributed by atoms with Crippen molar-refractivity contribution in [3.05, 3.63) is 29.8 Å². The summed E-state index contributed by atoms with van der Waals surface area (Å²) in [7, 11) is -2.92. The van der Waals surface area contributed by atoms with Gasteiger partial charge in [0.2, 0.25) is 0 Å². The summed E-state index contributed by atoms with van der Waals surface area (Å²) in [6.45, 7) is 2.13. The van der Waals surface area contributed by atoms with Crippen LogP contribution in [0.3, 0.4) is 0 Å². The van der Waals surface area contributed by atoms with Crippen molar-refractivity contribution >= 4 is 21.6 Å². The van der Waals surface area contributed by atoms with Gasteiger partial charge in [-0.1, -0.05) is 0 Å². The molecular weight excluding hydrogens is 340 g/mol. The van der Waals surface area contributed by atoms with Gasteiger partial charge in [-0.25, -0.2) is 22.0 Å². The summed E-state index contributed by atoms with van der Waals surface area (Å²) >= 11 is 0. The zero-order chi connectivity index (χ0) is 17.3. The van der Waals surface area contributed by atoms with E-state index in [0.29, 0.717) is 32.6 Å². The van der Waals surface area contributed by atoms with Crippen LogP contribution in [0.5, 0.6) is 0 Å². The number of rotatable bonds is 2. The number of sulfone groups is 1. The number of amides is 2. The van der Waals surface area contributed by atoms with Crippen LogP contribution in [0.2, 0.25) is 0 Å². The number of hydrogen-bond acceptors (Lipinski definition) is 4. The molecule has 1 N–H and O–H groups in total. The molecule has 1 unspecified atom stereocenters. The van der Waals surface area contributed by atoms with E-state index < -0.39 is 21.5 Å². The van der Waals surface area contributed by atoms with E-state index in [9.17, 15) is 22.0 Å². The van der Waals surface area contributed by atoms with Crippen molar-refractivity contribution in [1.29, 1.82) is 0 Å². The number of nitrogens with one attached hydrogen (secondary N) is 1. The SMILES string of the molecule is O=C(Nc1ccc(F)c(F)c1)N1CCN(C2CCS(=O)(=O)C2)CC1. The summed E-state index contributed by atoms with van der Waals surface area (Å²) in [4.78, 5) is 15.9. The predicted molar refractivity (Wildman–Crippen MR) is 85.6 cm³/mol. The van der Waals surface area contributed by atoms with Gasteiger partial charge in [-0.05, 0) is 18.6 Å². The molecule has 0 spiro atoms. The summed E-state index contributed by atoms with van der Waals surface area (Å²) in [6, 6.07) is 2.86. The molecule has 3 rings (SSSR count). The first kappa shape index (κ1) is 17.1. The van der Waals surface area contributed by atoms with Crippen LogP contribution in [-0.4, -0.2) is 68.0 Å². The van der Waals surface area contributed by atoms with E-state index in [-0.39, 0.29) is 29.3 Å². The minimum absolute atomic E-state index is 0.0337. The fourth-order valence-corrected chi connectivity index (χ4v) is 4.89. The van der Waals surface area contributed by atoms with Gasteiger partial charge in [0, 0.05) is 44.0 Å². The van der Waals surface area contributed by atoms with Crippen LogP contribution >= 0.6 is 0 Å². The number of anilines is 1. The third-order valence-corrected chi connectivity index (χ3v) is 6.25. The second-order valence-electron chi connectivity index (χ2n) is 6.14. The van der Waals surface area contributed by atoms with Crippen molar-refractivity contribution in [3.63, 3.8) is 0 Å². The highest BCUT2D eigenvalue weighted by Crippen LogP contribution is 2.20. The van der Waals surface area contributed by atoms with E-state index >= 15 is 0 Å². The monoisotopic (exact) mass is 359 g/mol. The van der Waals surface area contributed by atoms with Crippen LogP contribution in [0.4, 0.5) is 19.3 Å². The molecule has 0 aliphatic carbocycles. The number of piperazine rings is 1. The van der Waals surface area contributed by atoms with E-state index in [1.807, 2.05) is 0 Å². The Bertz CT molecular complexity index is 733. The highest BCUT2D eigenvalue weighted by atomic mass is 32.2. The van der Waals surface area contributed by atoms with Crippen LogP contribution < -0.4 is 5.32 Å². The number of carbonyl (C=O) groups is 1. The average Bonchev–Trinajstić information content (AvgIpc) is 2.91. The van der Waals surface area contributed by atoms with E-state index in [4.69, 9.17) is 0 Å². The molecule has 0 saturated carbocycles. The number of urea groups is 1. The van der Waals surface area contributed by atoms with Gasteiger partial charge in [0.15, 0.2) is 21.5 Å². The minimum atomic E-state index is -2.92. The first-order valence-corrected chi connectivity index (χ1v) is 9.62. The molecule has 2 saturated heterocycles. The van der Waals surface area contributed by atoms with Gasteiger partial charge < -0.3 is 10.2 Å². The molecule has 0 aromatic heterocycles. The van der Waals surface area contributed by atoms with Crippen molar-refractivity contribution in [1.82, 2.24) is 9.80 Å². The molecule has 1 aromatic carbocycles. The van der Waals surface area contributed by atoms with Crippen LogP contribution in [0.1, 0.15) is 6.42 Å². The molecule has 0 radical (unpaired) electrons. The van der Waals surface area contributed by atoms with Crippen molar-refractivity contribution in [2.45, 2.75) is 12.5 Å². The summed E-state index contributed by atoms with van der Waals surface area (Å²) < 4.78 is 49.2. The van der Waals surface area contributed by atoms with Gasteiger partial charge in [-0.2, -0.15) is 0 Å². The number of benzene rings is 1. The molecule has 2 aliphatic rings. The number of halogens is 2. The largest absolute Gasteiger partial charge is 0.322 e. The fourth-order valence-electron chi connectivity index (χ4n) is 3.13. The van der Waals surface area contributed by atoms with Crippen LogP contribution in [0.25, 0.3) is 0 Å². The second-order valence-corrected chi connectivity index (χ2v) is 8.37. The molecule has 2 fully saturated rings. The molecule has 1 atom stereocenters. The molecule has 9 heteroatoms. The van der Waals surface area contributed by atoms with Crippen molar-refractivity contribution in [2.24, 2.45) is 0 Å². The Morgan fingerprint density at radius 3 is 2.42 bits per heavy atom. The highest BCUT2D eigenvalue weighted by Gasteiger charge is 2.34. The maximum atomic E-state index is 13.2. The first-order chi connectivity index (χ1) is 11.3. The molecular formula is C15H19F2N3O3S. The van der Waals surface area contributed by atoms with Gasteiger partial charge in [-0.15, -0.1) is 0 Å². The Balaban J connectivity index is 1.52. The Morgan fingerprint density at radius 1 is 1.12 bits per heavy atom. The molecule has 6 nitrogen and oxygen atoms in total. The van der Waals surface area contributed by atoms with Crippen LogP contribution in [0, 0.1) is 11.6 Å². The van der Waals surface area contributed by atoms with Gasteiger partial charge in [0.05, 0.1) is 11.5 Å². The number of carbonyl (C=O) groups excluding carboxylic acids is 1. The van der Waals surface area contributed by atoms with E-state index in [2.05, 4.69) is 10.2 Å². The van der Waals surface area contributed by atoms with Gasteiger partial charge >= 0.3 is 6.03 Å². The second kappa shape index (κ2) is 6.64. The lowest BCUT2D eigenvalue weighted by atomic mass is 10.2. The van der Waals surface area contributed by atoms with Crippen LogP contribution in [-0.2, 0) is 9.84 Å². The zero-order valence-corrected chi connectivity index (χ0v) is 13.9. The van der Waals surface area contributed by atoms with Gasteiger partial charge in [0.1, 0.15) is 0 Å². The van der Waals surface area contributed by atoms with Crippen LogP contribution in [0.15, 0.2) is 18.2 Å². The molecule has 2 aliphatic heterocycles. The van der Waals surface area contributed by atoms with Gasteiger partial charge in [-0.3, -0.25) is 4.90 Å². The van der Waals surface area contributed by atoms with E-state index in [1.54, 1.807) is 4.90 Å². The van der Waals surface area contributed by atoms with Gasteiger partial charge in [0.25, 0.3) is 0 Å². The molecule has 132 valence electrons. The lowest BCUT2D eigenvalue weighted by molar-refractivity contribution is 0.121. The van der Waals surface area contributed by atoms with E-state index in [0.717, 1.165) is 12.1 Å². The lowest BCUT2D eigenvalue weighted by Gasteiger charge is -2.37. The summed E-state index contributed by atoms with van der Waals surface area (Å²) in [5.74, 6) is -1.56. The quantitative estimate of drug-likeness (QED) is 0.864. The highest BCUT2D eigenvalue weighted by molar-refractivity contribution is 7.91. The number of hydrogen-bond donors (Lipinski definition) is 1. The number of nitrogens with zero attached hydrogens (tertiary/aromatic N) is 2. The Morgan fingerprint density at radius 2 is 1.83 bits per heavy atom. The first-order valence-electron chi connectivity index (χ1n) is 7.79. The summed E-state index contributed by atoms with van der Waals surface area (Å²) in [5.41, 5.74) is 0.197. The molecule has 1 aromatic rings. The minimum Gasteiger partial charge on any atom is -0.322 e. The summed E-state index contributed by atoms with van der Waals surface area (Å²) in [5, 5.41) is 2.54. The molecule has 0 bridgehead atoms. The molecule has 24 heavy (non-hydrogen) atoms. The van der Waals surface area contributed by atoms with Crippen molar-refractivity contribution < 1.29 is 22.0 Å². The Hall–Kier alpha value is -1.74.